The van der Waals surface area contributed by atoms with Gasteiger partial charge in [0, 0.05) is 5.41 Å². The molecular weight excluding hydrogens is 238 g/mol. The van der Waals surface area contributed by atoms with Crippen LogP contribution in [0.3, 0.4) is 0 Å². The predicted molar refractivity (Wildman–Crippen MR) is 75.8 cm³/mol. The third kappa shape index (κ3) is 2.31. The number of hydrogen-bond acceptors (Lipinski definition) is 2. The molecule has 1 aromatic heterocycles. The van der Waals surface area contributed by atoms with Gasteiger partial charge in [0.2, 0.25) is 5.91 Å². The second-order valence-corrected chi connectivity index (χ2v) is 6.37. The van der Waals surface area contributed by atoms with E-state index in [4.69, 9.17) is 5.10 Å². The molecule has 2 heterocycles. The van der Waals surface area contributed by atoms with Crippen molar-refractivity contribution in [2.75, 3.05) is 0 Å². The number of aromatic nitrogens is 2. The maximum atomic E-state index is 11.9. The first-order chi connectivity index (χ1) is 8.75. The molecule has 4 nitrogen and oxygen atoms in total. The molecule has 19 heavy (non-hydrogen) atoms. The van der Waals surface area contributed by atoms with Crippen LogP contribution in [0.5, 0.6) is 0 Å². The highest BCUT2D eigenvalue weighted by Crippen LogP contribution is 2.30. The van der Waals surface area contributed by atoms with Crippen LogP contribution in [0.2, 0.25) is 0 Å². The average molecular weight is 261 g/mol. The van der Waals surface area contributed by atoms with Gasteiger partial charge in [-0.3, -0.25) is 9.48 Å². The van der Waals surface area contributed by atoms with Crippen molar-refractivity contribution < 1.29 is 4.79 Å². The first-order valence-electron chi connectivity index (χ1n) is 6.77. The van der Waals surface area contributed by atoms with Gasteiger partial charge in [0.25, 0.3) is 0 Å². The number of rotatable bonds is 1. The SMILES string of the molecule is C=CC(=O)N1Cc2cc(C(C)(C)C)nn2C(C)C1C. The van der Waals surface area contributed by atoms with Gasteiger partial charge in [-0.15, -0.1) is 0 Å². The van der Waals surface area contributed by atoms with Gasteiger partial charge in [-0.2, -0.15) is 5.10 Å². The summed E-state index contributed by atoms with van der Waals surface area (Å²) in [6.07, 6.45) is 1.39. The molecule has 0 spiro atoms. The molecule has 0 radical (unpaired) electrons. The average Bonchev–Trinajstić information content (AvgIpc) is 2.76. The van der Waals surface area contributed by atoms with Crippen molar-refractivity contribution in [3.8, 4) is 0 Å². The summed E-state index contributed by atoms with van der Waals surface area (Å²) in [5, 5.41) is 4.73. The van der Waals surface area contributed by atoms with E-state index in [-0.39, 0.29) is 23.4 Å². The fourth-order valence-electron chi connectivity index (χ4n) is 2.45. The number of nitrogens with zero attached hydrogens (tertiary/aromatic N) is 3. The summed E-state index contributed by atoms with van der Waals surface area (Å²) < 4.78 is 2.07. The zero-order valence-corrected chi connectivity index (χ0v) is 12.5. The lowest BCUT2D eigenvalue weighted by Gasteiger charge is -2.38. The van der Waals surface area contributed by atoms with Gasteiger partial charge >= 0.3 is 0 Å². The minimum Gasteiger partial charge on any atom is -0.328 e. The fraction of sp³-hybridized carbons (Fsp3) is 0.600. The van der Waals surface area contributed by atoms with E-state index in [0.717, 1.165) is 11.4 Å². The Kier molecular flexibility index (Phi) is 3.29. The van der Waals surface area contributed by atoms with Gasteiger partial charge in [0.1, 0.15) is 0 Å². The smallest absolute Gasteiger partial charge is 0.246 e. The molecule has 0 aromatic carbocycles. The van der Waals surface area contributed by atoms with Crippen molar-refractivity contribution >= 4 is 5.91 Å². The highest BCUT2D eigenvalue weighted by Gasteiger charge is 2.33. The minimum absolute atomic E-state index is 0.0101. The van der Waals surface area contributed by atoms with Crippen molar-refractivity contribution in [1.82, 2.24) is 14.7 Å². The summed E-state index contributed by atoms with van der Waals surface area (Å²) in [5.74, 6) is -0.0101. The number of carbonyl (C=O) groups excluding carboxylic acids is 1. The van der Waals surface area contributed by atoms with E-state index in [1.165, 1.54) is 6.08 Å². The zero-order valence-electron chi connectivity index (χ0n) is 12.5. The van der Waals surface area contributed by atoms with Gasteiger partial charge in [0.05, 0.1) is 30.0 Å². The largest absolute Gasteiger partial charge is 0.328 e. The molecule has 2 unspecified atom stereocenters. The van der Waals surface area contributed by atoms with Gasteiger partial charge in [-0.25, -0.2) is 0 Å². The minimum atomic E-state index is -0.0101. The van der Waals surface area contributed by atoms with E-state index in [1.54, 1.807) is 0 Å². The summed E-state index contributed by atoms with van der Waals surface area (Å²) >= 11 is 0. The molecule has 1 aliphatic heterocycles. The fourth-order valence-corrected chi connectivity index (χ4v) is 2.45. The first-order valence-corrected chi connectivity index (χ1v) is 6.77. The van der Waals surface area contributed by atoms with Crippen LogP contribution in [0, 0.1) is 0 Å². The highest BCUT2D eigenvalue weighted by molar-refractivity contribution is 5.87. The van der Waals surface area contributed by atoms with Crippen LogP contribution in [0.4, 0.5) is 0 Å². The van der Waals surface area contributed by atoms with Crippen LogP contribution in [-0.2, 0) is 16.8 Å². The van der Waals surface area contributed by atoms with Crippen molar-refractivity contribution in [3.63, 3.8) is 0 Å². The van der Waals surface area contributed by atoms with Crippen molar-refractivity contribution in [2.24, 2.45) is 0 Å². The molecule has 2 rings (SSSR count). The summed E-state index contributed by atoms with van der Waals surface area (Å²) in [5.41, 5.74) is 2.21. The molecular formula is C15H23N3O. The quantitative estimate of drug-likeness (QED) is 0.729. The molecule has 1 aliphatic rings. The molecule has 0 saturated carbocycles. The first kappa shape index (κ1) is 13.8. The molecule has 0 fully saturated rings. The van der Waals surface area contributed by atoms with Crippen LogP contribution < -0.4 is 0 Å². The third-order valence-corrected chi connectivity index (χ3v) is 3.95. The Balaban J connectivity index is 2.41. The van der Waals surface area contributed by atoms with Gasteiger partial charge in [0.15, 0.2) is 0 Å². The molecule has 104 valence electrons. The summed E-state index contributed by atoms with van der Waals surface area (Å²) in [6.45, 7) is 14.8. The molecule has 4 heteroatoms. The lowest BCUT2D eigenvalue weighted by Crippen LogP contribution is -2.46. The van der Waals surface area contributed by atoms with Gasteiger partial charge < -0.3 is 4.90 Å². The molecule has 2 atom stereocenters. The standard InChI is InChI=1S/C15H23N3O/c1-7-14(19)17-9-12-8-13(15(4,5)6)16-18(12)11(3)10(17)2/h7-8,10-11H,1,9H2,2-6H3. The van der Waals surface area contributed by atoms with Gasteiger partial charge in [-0.05, 0) is 26.0 Å². The van der Waals surface area contributed by atoms with E-state index < -0.39 is 0 Å². The van der Waals surface area contributed by atoms with Crippen LogP contribution in [-0.4, -0.2) is 26.6 Å². The van der Waals surface area contributed by atoms with Crippen molar-refractivity contribution in [1.29, 1.82) is 0 Å². The lowest BCUT2D eigenvalue weighted by molar-refractivity contribution is -0.130. The van der Waals surface area contributed by atoms with E-state index in [9.17, 15) is 4.79 Å². The predicted octanol–water partition coefficient (Wildman–Crippen LogP) is 2.66. The number of hydrogen-bond donors (Lipinski definition) is 0. The van der Waals surface area contributed by atoms with E-state index in [2.05, 4.69) is 51.9 Å². The van der Waals surface area contributed by atoms with Crippen LogP contribution in [0.25, 0.3) is 0 Å². The topological polar surface area (TPSA) is 38.1 Å². The Morgan fingerprint density at radius 3 is 2.58 bits per heavy atom. The van der Waals surface area contributed by atoms with Gasteiger partial charge in [-0.1, -0.05) is 27.4 Å². The Morgan fingerprint density at radius 1 is 1.42 bits per heavy atom. The normalized spacial score (nSPS) is 23.1. The summed E-state index contributed by atoms with van der Waals surface area (Å²) in [6, 6.07) is 2.43. The second-order valence-electron chi connectivity index (χ2n) is 6.37. The Bertz CT molecular complexity index is 510. The number of carbonyl (C=O) groups is 1. The van der Waals surface area contributed by atoms with Crippen LogP contribution in [0.15, 0.2) is 18.7 Å². The molecule has 0 aliphatic carbocycles. The molecule has 0 bridgehead atoms. The van der Waals surface area contributed by atoms with Crippen LogP contribution in [0.1, 0.15) is 52.0 Å². The molecule has 0 N–H and O–H groups in total. The summed E-state index contributed by atoms with van der Waals surface area (Å²) in [7, 11) is 0. The maximum Gasteiger partial charge on any atom is 0.246 e. The van der Waals surface area contributed by atoms with E-state index in [0.29, 0.717) is 6.54 Å². The zero-order chi connectivity index (χ0) is 14.4. The Morgan fingerprint density at radius 2 is 2.05 bits per heavy atom. The number of amides is 1. The van der Waals surface area contributed by atoms with Crippen LogP contribution >= 0.6 is 0 Å². The second kappa shape index (κ2) is 4.51. The van der Waals surface area contributed by atoms with E-state index in [1.807, 2.05) is 4.90 Å². The Labute approximate surface area is 115 Å². The van der Waals surface area contributed by atoms with E-state index >= 15 is 0 Å². The molecule has 1 aromatic rings. The third-order valence-electron chi connectivity index (χ3n) is 3.95. The van der Waals surface area contributed by atoms with Crippen molar-refractivity contribution in [2.45, 2.75) is 58.7 Å². The van der Waals surface area contributed by atoms with Crippen molar-refractivity contribution in [3.05, 3.63) is 30.1 Å². The number of fused-ring (bicyclic) bond motifs is 1. The molecule has 1 amide bonds. The highest BCUT2D eigenvalue weighted by atomic mass is 16.2. The lowest BCUT2D eigenvalue weighted by atomic mass is 9.92. The maximum absolute atomic E-state index is 11.9. The summed E-state index contributed by atoms with van der Waals surface area (Å²) in [4.78, 5) is 13.8. The molecule has 0 saturated heterocycles. The monoisotopic (exact) mass is 261 g/mol. The Hall–Kier alpha value is -1.58.